The molecule has 0 heterocycles. The zero-order valence-electron chi connectivity index (χ0n) is 36.3. The SMILES string of the molecule is CCCC(NC(=O)[C@H](Cc1ccc2ccccc2c1)NC(=O)[C@@H](NCB=O)C1CCCCC1)C(O)C(=O)NCC(=O)OCc1ccccc1.O=BCNC(C(=O)O)C1CCCCC1. The number of nitrogens with one attached hydrogen (secondary N) is 5. The minimum atomic E-state index is -1.66. The number of amides is 3. The van der Waals surface area contributed by atoms with Crippen LogP contribution < -0.4 is 26.6 Å². The Morgan fingerprint density at radius 2 is 1.29 bits per heavy atom. The van der Waals surface area contributed by atoms with Crippen LogP contribution in [0.4, 0.5) is 0 Å². The molecule has 5 atom stereocenters. The van der Waals surface area contributed by atoms with Crippen LogP contribution in [0.1, 0.15) is 95.1 Å². The van der Waals surface area contributed by atoms with Crippen LogP contribution in [0.15, 0.2) is 72.8 Å². The average Bonchev–Trinajstić information content (AvgIpc) is 3.30. The van der Waals surface area contributed by atoms with E-state index in [1.165, 1.54) is 6.42 Å². The monoisotopic (exact) mass is 867 g/mol. The fourth-order valence-electron chi connectivity index (χ4n) is 8.43. The van der Waals surface area contributed by atoms with Gasteiger partial charge >= 0.3 is 307 Å². The number of benzene rings is 3. The molecule has 15 nitrogen and oxygen atoms in total. The quantitative estimate of drug-likeness (QED) is 0.0537. The van der Waals surface area contributed by atoms with E-state index in [1.807, 2.05) is 67.6 Å². The molecule has 0 radical (unpaired) electrons. The molecule has 63 heavy (non-hydrogen) atoms. The maximum atomic E-state index is 13.9. The Labute approximate surface area is 371 Å². The Balaban J connectivity index is 0.000000528. The summed E-state index contributed by atoms with van der Waals surface area (Å²) in [7, 11) is 1.42. The number of aliphatic carboxylic acids is 1. The second kappa shape index (κ2) is 27.8. The number of rotatable bonds is 23. The van der Waals surface area contributed by atoms with Crippen molar-refractivity contribution in [3.05, 3.63) is 83.9 Å². The van der Waals surface area contributed by atoms with Gasteiger partial charge in [0.25, 0.3) is 0 Å². The third-order valence-corrected chi connectivity index (χ3v) is 11.7. The molecule has 0 aliphatic heterocycles. The van der Waals surface area contributed by atoms with E-state index >= 15 is 0 Å². The maximum absolute atomic E-state index is 13.9. The summed E-state index contributed by atoms with van der Waals surface area (Å²) < 4.78 is 26.6. The molecule has 3 amide bonds. The van der Waals surface area contributed by atoms with Crippen molar-refractivity contribution in [2.24, 2.45) is 11.8 Å². The summed E-state index contributed by atoms with van der Waals surface area (Å²) >= 11 is 0. The third kappa shape index (κ3) is 17.2. The first-order chi connectivity index (χ1) is 30.5. The second-order valence-electron chi connectivity index (χ2n) is 16.4. The second-order valence-corrected chi connectivity index (χ2v) is 16.4. The zero-order valence-corrected chi connectivity index (χ0v) is 36.3. The number of aliphatic hydroxyl groups excluding tert-OH is 1. The summed E-state index contributed by atoms with van der Waals surface area (Å²) in [6.07, 6.45) is 9.53. The molecule has 17 heteroatoms. The molecule has 3 aromatic carbocycles. The van der Waals surface area contributed by atoms with Crippen LogP contribution in [0.3, 0.4) is 0 Å². The fourth-order valence-corrected chi connectivity index (χ4v) is 8.43. The normalized spacial score (nSPS) is 16.6. The molecule has 5 rings (SSSR count). The number of esters is 1. The number of aliphatic hydroxyl groups is 1. The van der Waals surface area contributed by atoms with Gasteiger partial charge in [-0.3, -0.25) is 4.79 Å². The van der Waals surface area contributed by atoms with Gasteiger partial charge in [0.1, 0.15) is 13.2 Å². The third-order valence-electron chi connectivity index (χ3n) is 11.7. The van der Waals surface area contributed by atoms with Crippen molar-refractivity contribution in [2.45, 2.75) is 127 Å². The molecule has 7 N–H and O–H groups in total. The van der Waals surface area contributed by atoms with Crippen LogP contribution in [0, 0.1) is 11.8 Å². The number of ether oxygens (including phenoxy) is 1. The molecule has 2 fully saturated rings. The van der Waals surface area contributed by atoms with Crippen LogP contribution in [-0.4, -0.2) is 104 Å². The van der Waals surface area contributed by atoms with Crippen LogP contribution in [0.25, 0.3) is 10.8 Å². The molecular weight excluding hydrogens is 804 g/mol. The van der Waals surface area contributed by atoms with Crippen molar-refractivity contribution in [1.82, 2.24) is 26.6 Å². The molecule has 3 unspecified atom stereocenters. The molecule has 2 saturated carbocycles. The summed E-state index contributed by atoms with van der Waals surface area (Å²) in [4.78, 5) is 63.8. The Morgan fingerprint density at radius 1 is 0.698 bits per heavy atom. The van der Waals surface area contributed by atoms with Gasteiger partial charge < -0.3 is 4.74 Å². The number of hydrogen-bond donors (Lipinski definition) is 7. The summed E-state index contributed by atoms with van der Waals surface area (Å²) in [6, 6.07) is 19.5. The van der Waals surface area contributed by atoms with Crippen molar-refractivity contribution < 1.29 is 48.3 Å². The summed E-state index contributed by atoms with van der Waals surface area (Å²) in [5, 5.41) is 36.0. The molecule has 0 bridgehead atoms. The van der Waals surface area contributed by atoms with Gasteiger partial charge in [0.15, 0.2) is 0 Å². The first kappa shape index (κ1) is 50.5. The van der Waals surface area contributed by atoms with Gasteiger partial charge in [-0.15, -0.1) is 0 Å². The fraction of sp³-hybridized carbons (Fsp3) is 0.543. The molecule has 0 spiro atoms. The molecule has 2 aliphatic carbocycles. The minimum absolute atomic E-state index is 0.00972. The Kier molecular flexibility index (Phi) is 22.3. The number of carbonyl (C=O) groups excluding carboxylic acids is 4. The number of fused-ring (bicyclic) bond motifs is 1. The van der Waals surface area contributed by atoms with Crippen molar-refractivity contribution in [3.8, 4) is 0 Å². The topological polar surface area (TPSA) is 229 Å². The standard InChI is InChI=1S/C37H47BN4O7.C9H16BNO3/c1-2-11-30(34(44)37(47)39-22-32(43)49-23-25-12-5-3-6-13-25)41-35(45)31(21-26-18-19-27-14-9-10-17-29(27)20-26)42-36(46)33(40-24-38-48)28-15-7-4-8-16-28;12-9(13)8(11-6-10-14)7-4-2-1-3-5-7/h3,5-6,9-10,12-14,17-20,28,30-31,33-34,40,44H,2,4,7-8,11,15-16,21-24H2,1H3,(H,39,47)(H,41,45)(H,42,46);7-8,11H,1-6H2,(H,12,13)/t30?,31-,33-,34?;/m0./s1. The molecule has 338 valence electrons. The van der Waals surface area contributed by atoms with Crippen LogP contribution >= 0.6 is 0 Å². The molecule has 0 aromatic heterocycles. The van der Waals surface area contributed by atoms with E-state index in [4.69, 9.17) is 9.84 Å². The van der Waals surface area contributed by atoms with Gasteiger partial charge in [-0.25, -0.2) is 0 Å². The first-order valence-electron chi connectivity index (χ1n) is 22.3. The summed E-state index contributed by atoms with van der Waals surface area (Å²) in [6.45, 7) is 1.45. The van der Waals surface area contributed by atoms with Gasteiger partial charge in [-0.1, -0.05) is 36.4 Å². The molecule has 2 aliphatic rings. The van der Waals surface area contributed by atoms with Crippen LogP contribution in [0.5, 0.6) is 0 Å². The van der Waals surface area contributed by atoms with Crippen molar-refractivity contribution in [3.63, 3.8) is 0 Å². The van der Waals surface area contributed by atoms with Crippen LogP contribution in [-0.2, 0) is 51.1 Å². The summed E-state index contributed by atoms with van der Waals surface area (Å²) in [5.74, 6) is -3.06. The van der Waals surface area contributed by atoms with E-state index < -0.39 is 60.6 Å². The Bertz CT molecular complexity index is 1930. The van der Waals surface area contributed by atoms with Gasteiger partial charge in [0.2, 0.25) is 0 Å². The van der Waals surface area contributed by atoms with Gasteiger partial charge in [-0.2, -0.15) is 0 Å². The van der Waals surface area contributed by atoms with E-state index in [0.29, 0.717) is 20.7 Å². The van der Waals surface area contributed by atoms with E-state index in [-0.39, 0.29) is 50.1 Å². The van der Waals surface area contributed by atoms with E-state index in [2.05, 4.69) is 26.6 Å². The predicted molar refractivity (Wildman–Crippen MR) is 239 cm³/mol. The van der Waals surface area contributed by atoms with Crippen molar-refractivity contribution in [1.29, 1.82) is 0 Å². The molecule has 0 saturated heterocycles. The van der Waals surface area contributed by atoms with E-state index in [9.17, 15) is 38.5 Å². The predicted octanol–water partition coefficient (Wildman–Crippen LogP) is 3.53. The molecule has 3 aromatic rings. The average molecular weight is 868 g/mol. The number of carboxylic acids is 1. The number of carbonyl (C=O) groups is 5. The Morgan fingerprint density at radius 3 is 1.89 bits per heavy atom. The molecular formula is C46H63B2N5O10. The Hall–Kier alpha value is -5.12. The number of carboxylic acid groups (broad SMARTS) is 1. The van der Waals surface area contributed by atoms with Gasteiger partial charge in [0, 0.05) is 0 Å². The summed E-state index contributed by atoms with van der Waals surface area (Å²) in [5.41, 5.74) is 1.61. The first-order valence-corrected chi connectivity index (χ1v) is 22.3. The van der Waals surface area contributed by atoms with Crippen molar-refractivity contribution >= 4 is 54.7 Å². The van der Waals surface area contributed by atoms with Gasteiger partial charge in [0.05, 0.1) is 0 Å². The van der Waals surface area contributed by atoms with E-state index in [0.717, 1.165) is 79.7 Å². The number of hydrogen-bond acceptors (Lipinski definition) is 11. The van der Waals surface area contributed by atoms with Crippen LogP contribution in [0.2, 0.25) is 0 Å². The van der Waals surface area contributed by atoms with Gasteiger partial charge in [-0.05, 0) is 5.56 Å². The van der Waals surface area contributed by atoms with E-state index in [1.54, 1.807) is 12.1 Å². The van der Waals surface area contributed by atoms with Crippen molar-refractivity contribution in [2.75, 3.05) is 19.4 Å². The zero-order chi connectivity index (χ0) is 45.4.